The topological polar surface area (TPSA) is 29.5 Å². The fourth-order valence-corrected chi connectivity index (χ4v) is 4.76. The van der Waals surface area contributed by atoms with Crippen molar-refractivity contribution in [1.29, 1.82) is 0 Å². The zero-order valence-corrected chi connectivity index (χ0v) is 18.7. The van der Waals surface area contributed by atoms with Crippen molar-refractivity contribution in [2.24, 2.45) is 0 Å². The first kappa shape index (κ1) is 20.6. The van der Waals surface area contributed by atoms with E-state index in [0.29, 0.717) is 15.8 Å². The lowest BCUT2D eigenvalue weighted by Crippen LogP contribution is -2.28. The summed E-state index contributed by atoms with van der Waals surface area (Å²) in [5.74, 6) is 0.704. The molecule has 0 atom stereocenters. The predicted molar refractivity (Wildman–Crippen MR) is 131 cm³/mol. The van der Waals surface area contributed by atoms with E-state index >= 15 is 0 Å². The van der Waals surface area contributed by atoms with Gasteiger partial charge in [-0.3, -0.25) is 9.69 Å². The molecule has 0 spiro atoms. The highest BCUT2D eigenvalue weighted by atomic mass is 32.2. The summed E-state index contributed by atoms with van der Waals surface area (Å²) in [4.78, 5) is 15.5. The van der Waals surface area contributed by atoms with E-state index in [2.05, 4.69) is 25.1 Å². The van der Waals surface area contributed by atoms with Crippen LogP contribution in [0.15, 0.2) is 65.6 Å². The number of aryl methyl sites for hydroxylation is 1. The zero-order valence-electron chi connectivity index (χ0n) is 17.1. The van der Waals surface area contributed by atoms with Gasteiger partial charge in [-0.25, -0.2) is 0 Å². The molecule has 1 aliphatic rings. The van der Waals surface area contributed by atoms with Gasteiger partial charge in [0.05, 0.1) is 17.2 Å². The SMILES string of the molecule is CCCCOc1ccc2ccccc2c1/C=C1\SC(=S)N(c2ccccc2C)C1=O. The Morgan fingerprint density at radius 3 is 2.63 bits per heavy atom. The van der Waals surface area contributed by atoms with E-state index < -0.39 is 0 Å². The summed E-state index contributed by atoms with van der Waals surface area (Å²) in [5.41, 5.74) is 2.78. The average molecular weight is 434 g/mol. The Morgan fingerprint density at radius 1 is 1.07 bits per heavy atom. The number of rotatable bonds is 6. The lowest BCUT2D eigenvalue weighted by Gasteiger charge is -2.17. The second-order valence-electron chi connectivity index (χ2n) is 7.20. The van der Waals surface area contributed by atoms with E-state index in [1.807, 2.05) is 55.5 Å². The summed E-state index contributed by atoms with van der Waals surface area (Å²) in [7, 11) is 0. The van der Waals surface area contributed by atoms with Gasteiger partial charge in [0.15, 0.2) is 4.32 Å². The molecule has 152 valence electrons. The summed E-state index contributed by atoms with van der Waals surface area (Å²) in [5, 5.41) is 2.17. The second kappa shape index (κ2) is 9.02. The van der Waals surface area contributed by atoms with E-state index in [9.17, 15) is 4.79 Å². The van der Waals surface area contributed by atoms with Crippen molar-refractivity contribution in [1.82, 2.24) is 0 Å². The molecule has 0 aromatic heterocycles. The number of carbonyl (C=O) groups is 1. The Morgan fingerprint density at radius 2 is 1.83 bits per heavy atom. The van der Waals surface area contributed by atoms with Gasteiger partial charge in [-0.1, -0.05) is 85.9 Å². The van der Waals surface area contributed by atoms with E-state index in [4.69, 9.17) is 17.0 Å². The smallest absolute Gasteiger partial charge is 0.270 e. The van der Waals surface area contributed by atoms with Crippen molar-refractivity contribution < 1.29 is 9.53 Å². The van der Waals surface area contributed by atoms with Crippen LogP contribution in [0.1, 0.15) is 30.9 Å². The molecule has 1 heterocycles. The largest absolute Gasteiger partial charge is 0.493 e. The molecule has 3 aromatic carbocycles. The molecule has 1 saturated heterocycles. The fourth-order valence-electron chi connectivity index (χ4n) is 3.50. The van der Waals surface area contributed by atoms with Crippen LogP contribution in [-0.4, -0.2) is 16.8 Å². The molecule has 0 N–H and O–H groups in total. The first-order valence-electron chi connectivity index (χ1n) is 10.1. The van der Waals surface area contributed by atoms with Crippen molar-refractivity contribution in [3.05, 3.63) is 76.7 Å². The second-order valence-corrected chi connectivity index (χ2v) is 8.88. The molecule has 0 unspecified atom stereocenters. The van der Waals surface area contributed by atoms with Crippen LogP contribution in [0, 0.1) is 6.92 Å². The normalized spacial score (nSPS) is 15.4. The highest BCUT2D eigenvalue weighted by Gasteiger charge is 2.34. The highest BCUT2D eigenvalue weighted by Crippen LogP contribution is 2.39. The van der Waals surface area contributed by atoms with Crippen LogP contribution >= 0.6 is 24.0 Å². The van der Waals surface area contributed by atoms with Crippen molar-refractivity contribution in [2.45, 2.75) is 26.7 Å². The number of benzene rings is 3. The number of nitrogens with zero attached hydrogens (tertiary/aromatic N) is 1. The van der Waals surface area contributed by atoms with Crippen molar-refractivity contribution in [3.8, 4) is 5.75 Å². The fraction of sp³-hybridized carbons (Fsp3) is 0.200. The van der Waals surface area contributed by atoms with Crippen LogP contribution in [0.5, 0.6) is 5.75 Å². The molecule has 3 nitrogen and oxygen atoms in total. The molecule has 0 radical (unpaired) electrons. The maximum absolute atomic E-state index is 13.3. The Bertz CT molecular complexity index is 1150. The minimum Gasteiger partial charge on any atom is -0.493 e. The minimum absolute atomic E-state index is 0.0910. The van der Waals surface area contributed by atoms with Gasteiger partial charge in [0.2, 0.25) is 0 Å². The van der Waals surface area contributed by atoms with Crippen LogP contribution in [0.3, 0.4) is 0 Å². The third-order valence-electron chi connectivity index (χ3n) is 5.11. The number of carbonyl (C=O) groups excluding carboxylic acids is 1. The van der Waals surface area contributed by atoms with Gasteiger partial charge >= 0.3 is 0 Å². The number of amides is 1. The monoisotopic (exact) mass is 433 g/mol. The summed E-state index contributed by atoms with van der Waals surface area (Å²) < 4.78 is 6.63. The van der Waals surface area contributed by atoms with Crippen LogP contribution in [-0.2, 0) is 4.79 Å². The summed E-state index contributed by atoms with van der Waals surface area (Å²) in [6.07, 6.45) is 3.99. The summed E-state index contributed by atoms with van der Waals surface area (Å²) in [6.45, 7) is 4.78. The van der Waals surface area contributed by atoms with Gasteiger partial charge in [0.1, 0.15) is 5.75 Å². The van der Waals surface area contributed by atoms with E-state index in [0.717, 1.165) is 46.2 Å². The third-order valence-corrected chi connectivity index (χ3v) is 6.41. The van der Waals surface area contributed by atoms with Crippen LogP contribution in [0.4, 0.5) is 5.69 Å². The van der Waals surface area contributed by atoms with Gasteiger partial charge in [-0.15, -0.1) is 0 Å². The molecule has 0 saturated carbocycles. The molecule has 0 aliphatic carbocycles. The lowest BCUT2D eigenvalue weighted by atomic mass is 10.0. The zero-order chi connectivity index (χ0) is 21.1. The lowest BCUT2D eigenvalue weighted by molar-refractivity contribution is -0.113. The maximum atomic E-state index is 13.3. The summed E-state index contributed by atoms with van der Waals surface area (Å²) >= 11 is 6.90. The molecule has 1 aliphatic heterocycles. The van der Waals surface area contributed by atoms with Gasteiger partial charge < -0.3 is 4.74 Å². The highest BCUT2D eigenvalue weighted by molar-refractivity contribution is 8.27. The molecule has 4 rings (SSSR count). The first-order valence-corrected chi connectivity index (χ1v) is 11.3. The molecule has 5 heteroatoms. The van der Waals surface area contributed by atoms with Crippen LogP contribution < -0.4 is 9.64 Å². The van der Waals surface area contributed by atoms with Crippen LogP contribution in [0.25, 0.3) is 16.8 Å². The van der Waals surface area contributed by atoms with Gasteiger partial charge in [-0.2, -0.15) is 0 Å². The number of para-hydroxylation sites is 1. The quantitative estimate of drug-likeness (QED) is 0.245. The Balaban J connectivity index is 1.77. The Labute approximate surface area is 186 Å². The third kappa shape index (κ3) is 4.00. The molecular formula is C25H23NO2S2. The molecule has 1 amide bonds. The summed E-state index contributed by atoms with van der Waals surface area (Å²) in [6, 6.07) is 20.0. The van der Waals surface area contributed by atoms with Crippen molar-refractivity contribution in [3.63, 3.8) is 0 Å². The molecule has 3 aromatic rings. The molecule has 0 bridgehead atoms. The van der Waals surface area contributed by atoms with Crippen LogP contribution in [0.2, 0.25) is 0 Å². The Kier molecular flexibility index (Phi) is 6.21. The maximum Gasteiger partial charge on any atom is 0.270 e. The molecule has 30 heavy (non-hydrogen) atoms. The number of ether oxygens (including phenoxy) is 1. The van der Waals surface area contributed by atoms with Crippen molar-refractivity contribution >= 4 is 56.7 Å². The number of anilines is 1. The number of thioether (sulfide) groups is 1. The van der Waals surface area contributed by atoms with Gasteiger partial charge in [-0.05, 0) is 47.9 Å². The van der Waals surface area contributed by atoms with Crippen molar-refractivity contribution in [2.75, 3.05) is 11.5 Å². The average Bonchev–Trinajstić information content (AvgIpc) is 3.03. The molecule has 1 fully saturated rings. The predicted octanol–water partition coefficient (Wildman–Crippen LogP) is 6.73. The standard InChI is InChI=1S/C25H23NO2S2/c1-3-4-15-28-22-14-13-18-10-6-7-11-19(18)20(22)16-23-24(27)26(25(29)30-23)21-12-8-5-9-17(21)2/h5-14,16H,3-4,15H2,1-2H3/b23-16-. The van der Waals surface area contributed by atoms with Gasteiger partial charge in [0.25, 0.3) is 5.91 Å². The molecular weight excluding hydrogens is 410 g/mol. The van der Waals surface area contributed by atoms with E-state index in [1.165, 1.54) is 11.8 Å². The number of fused-ring (bicyclic) bond motifs is 1. The van der Waals surface area contributed by atoms with Gasteiger partial charge in [0, 0.05) is 5.56 Å². The minimum atomic E-state index is -0.0910. The first-order chi connectivity index (χ1) is 14.6. The van der Waals surface area contributed by atoms with E-state index in [1.54, 1.807) is 4.90 Å². The Hall–Kier alpha value is -2.63. The number of hydrogen-bond donors (Lipinski definition) is 0. The van der Waals surface area contributed by atoms with E-state index in [-0.39, 0.29) is 5.91 Å². The number of hydrogen-bond acceptors (Lipinski definition) is 4. The number of thiocarbonyl (C=S) groups is 1. The number of unbranched alkanes of at least 4 members (excludes halogenated alkanes) is 1.